The van der Waals surface area contributed by atoms with E-state index in [1.807, 2.05) is 6.92 Å². The largest absolute Gasteiger partial charge is 0.343 e. The second kappa shape index (κ2) is 5.11. The van der Waals surface area contributed by atoms with Crippen LogP contribution in [0, 0.1) is 0 Å². The number of nitrogens with zero attached hydrogens (tertiary/aromatic N) is 1. The van der Waals surface area contributed by atoms with Gasteiger partial charge in [-0.3, -0.25) is 9.59 Å². The van der Waals surface area contributed by atoms with Crippen molar-refractivity contribution in [1.29, 1.82) is 0 Å². The van der Waals surface area contributed by atoms with Gasteiger partial charge in [-0.1, -0.05) is 6.92 Å². The van der Waals surface area contributed by atoms with E-state index in [9.17, 15) is 18.0 Å². The summed E-state index contributed by atoms with van der Waals surface area (Å²) in [5.74, 6) is -0.0297. The molecule has 2 rings (SSSR count). The lowest BCUT2D eigenvalue weighted by molar-refractivity contribution is -0.151. The number of carbonyl (C=O) groups excluding carboxylic acids is 2. The number of carbonyl (C=O) groups is 2. The molecule has 0 saturated carbocycles. The van der Waals surface area contributed by atoms with Gasteiger partial charge in [-0.15, -0.1) is 0 Å². The topological polar surface area (TPSA) is 83.6 Å². The molecule has 19 heavy (non-hydrogen) atoms. The summed E-state index contributed by atoms with van der Waals surface area (Å²) >= 11 is 0. The SMILES string of the molecule is CCC1NC(=O)C(C)N(C2CCS(=O)(=O)CC2)C1=O. The number of hydrogen-bond acceptors (Lipinski definition) is 4. The molecule has 6 nitrogen and oxygen atoms in total. The number of sulfone groups is 1. The Morgan fingerprint density at radius 3 is 2.37 bits per heavy atom. The van der Waals surface area contributed by atoms with Crippen LogP contribution in [-0.2, 0) is 19.4 Å². The molecule has 2 fully saturated rings. The highest BCUT2D eigenvalue weighted by Gasteiger charge is 2.42. The maximum Gasteiger partial charge on any atom is 0.246 e. The Hall–Kier alpha value is -1.11. The predicted molar refractivity (Wildman–Crippen MR) is 70.2 cm³/mol. The van der Waals surface area contributed by atoms with Crippen LogP contribution in [0.15, 0.2) is 0 Å². The predicted octanol–water partition coefficient (Wildman–Crippen LogP) is -0.311. The van der Waals surface area contributed by atoms with Crippen molar-refractivity contribution in [2.24, 2.45) is 0 Å². The molecule has 0 aliphatic carbocycles. The zero-order chi connectivity index (χ0) is 14.2. The fourth-order valence-electron chi connectivity index (χ4n) is 2.78. The summed E-state index contributed by atoms with van der Waals surface area (Å²) < 4.78 is 22.9. The van der Waals surface area contributed by atoms with Crippen LogP contribution in [0.5, 0.6) is 0 Å². The Kier molecular flexibility index (Phi) is 3.85. The lowest BCUT2D eigenvalue weighted by atomic mass is 10.0. The maximum atomic E-state index is 12.3. The highest BCUT2D eigenvalue weighted by atomic mass is 32.2. The van der Waals surface area contributed by atoms with Gasteiger partial charge in [0.2, 0.25) is 11.8 Å². The van der Waals surface area contributed by atoms with Crippen LogP contribution in [-0.4, -0.2) is 54.8 Å². The van der Waals surface area contributed by atoms with Gasteiger partial charge < -0.3 is 10.2 Å². The van der Waals surface area contributed by atoms with Gasteiger partial charge in [-0.25, -0.2) is 8.42 Å². The molecular weight excluding hydrogens is 268 g/mol. The van der Waals surface area contributed by atoms with Gasteiger partial charge in [0.1, 0.15) is 21.9 Å². The molecule has 1 N–H and O–H groups in total. The van der Waals surface area contributed by atoms with Crippen molar-refractivity contribution < 1.29 is 18.0 Å². The molecule has 0 bridgehead atoms. The van der Waals surface area contributed by atoms with Crippen LogP contribution in [0.25, 0.3) is 0 Å². The molecule has 2 amide bonds. The summed E-state index contributed by atoms with van der Waals surface area (Å²) in [6, 6.07) is -1.12. The average molecular weight is 288 g/mol. The molecule has 2 atom stereocenters. The number of amides is 2. The van der Waals surface area contributed by atoms with Gasteiger partial charge in [-0.2, -0.15) is 0 Å². The fourth-order valence-corrected chi connectivity index (χ4v) is 4.25. The quantitative estimate of drug-likeness (QED) is 0.755. The summed E-state index contributed by atoms with van der Waals surface area (Å²) in [5, 5.41) is 2.70. The van der Waals surface area contributed by atoms with E-state index in [0.717, 1.165) is 0 Å². The fraction of sp³-hybridized carbons (Fsp3) is 0.833. The van der Waals surface area contributed by atoms with Crippen molar-refractivity contribution in [3.8, 4) is 0 Å². The van der Waals surface area contributed by atoms with E-state index in [0.29, 0.717) is 19.3 Å². The first-order valence-electron chi connectivity index (χ1n) is 6.68. The van der Waals surface area contributed by atoms with Crippen molar-refractivity contribution in [1.82, 2.24) is 10.2 Å². The van der Waals surface area contributed by atoms with Gasteiger partial charge in [0.15, 0.2) is 0 Å². The third kappa shape index (κ3) is 2.75. The molecule has 2 aliphatic rings. The van der Waals surface area contributed by atoms with Gasteiger partial charge >= 0.3 is 0 Å². The van der Waals surface area contributed by atoms with E-state index in [2.05, 4.69) is 5.32 Å². The van der Waals surface area contributed by atoms with Crippen LogP contribution < -0.4 is 5.32 Å². The smallest absolute Gasteiger partial charge is 0.246 e. The van der Waals surface area contributed by atoms with Crippen LogP contribution in [0.2, 0.25) is 0 Å². The van der Waals surface area contributed by atoms with Crippen LogP contribution in [0.3, 0.4) is 0 Å². The molecule has 2 aliphatic heterocycles. The van der Waals surface area contributed by atoms with Crippen LogP contribution >= 0.6 is 0 Å². The van der Waals surface area contributed by atoms with Crippen molar-refractivity contribution >= 4 is 21.7 Å². The summed E-state index contributed by atoms with van der Waals surface area (Å²) in [5.41, 5.74) is 0. The molecule has 0 spiro atoms. The average Bonchev–Trinajstić information content (AvgIpc) is 2.36. The minimum atomic E-state index is -2.96. The number of piperazine rings is 1. The molecule has 108 valence electrons. The van der Waals surface area contributed by atoms with E-state index < -0.39 is 21.9 Å². The summed E-state index contributed by atoms with van der Waals surface area (Å²) in [6.07, 6.45) is 1.42. The molecule has 0 aromatic carbocycles. The van der Waals surface area contributed by atoms with E-state index in [1.54, 1.807) is 11.8 Å². The van der Waals surface area contributed by atoms with Crippen molar-refractivity contribution in [2.45, 2.75) is 51.2 Å². The Bertz CT molecular complexity index is 474. The highest BCUT2D eigenvalue weighted by Crippen LogP contribution is 2.24. The number of nitrogens with one attached hydrogen (secondary N) is 1. The third-order valence-electron chi connectivity index (χ3n) is 3.99. The Labute approximate surface area is 113 Å². The van der Waals surface area contributed by atoms with Crippen LogP contribution in [0.1, 0.15) is 33.1 Å². The zero-order valence-electron chi connectivity index (χ0n) is 11.3. The molecule has 2 heterocycles. The van der Waals surface area contributed by atoms with Gasteiger partial charge in [-0.05, 0) is 26.2 Å². The second-order valence-corrected chi connectivity index (χ2v) is 7.58. The summed E-state index contributed by atoms with van der Waals surface area (Å²) in [6.45, 7) is 3.55. The Morgan fingerprint density at radius 1 is 1.26 bits per heavy atom. The first-order valence-corrected chi connectivity index (χ1v) is 8.51. The summed E-state index contributed by atoms with van der Waals surface area (Å²) in [7, 11) is -2.96. The molecule has 7 heteroatoms. The molecule has 0 aromatic heterocycles. The molecule has 0 aromatic rings. The molecular formula is C12H20N2O4S. The lowest BCUT2D eigenvalue weighted by Crippen LogP contribution is -2.65. The molecule has 2 unspecified atom stereocenters. The standard InChI is InChI=1S/C12H20N2O4S/c1-3-10-12(16)14(8(2)11(15)13-10)9-4-6-19(17,18)7-5-9/h8-10H,3-7H2,1-2H3,(H,13,15). The van der Waals surface area contributed by atoms with E-state index in [4.69, 9.17) is 0 Å². The highest BCUT2D eigenvalue weighted by molar-refractivity contribution is 7.91. The van der Waals surface area contributed by atoms with E-state index in [1.165, 1.54) is 0 Å². The lowest BCUT2D eigenvalue weighted by Gasteiger charge is -2.43. The molecule has 2 saturated heterocycles. The zero-order valence-corrected chi connectivity index (χ0v) is 12.1. The minimum Gasteiger partial charge on any atom is -0.343 e. The Morgan fingerprint density at radius 2 is 1.84 bits per heavy atom. The maximum absolute atomic E-state index is 12.3. The van der Waals surface area contributed by atoms with E-state index >= 15 is 0 Å². The molecule has 0 radical (unpaired) electrons. The third-order valence-corrected chi connectivity index (χ3v) is 5.71. The first kappa shape index (κ1) is 14.3. The number of hydrogen-bond donors (Lipinski definition) is 1. The Balaban J connectivity index is 2.17. The van der Waals surface area contributed by atoms with Gasteiger partial charge in [0, 0.05) is 6.04 Å². The van der Waals surface area contributed by atoms with E-state index in [-0.39, 0.29) is 29.4 Å². The minimum absolute atomic E-state index is 0.0844. The van der Waals surface area contributed by atoms with Crippen molar-refractivity contribution in [2.75, 3.05) is 11.5 Å². The monoisotopic (exact) mass is 288 g/mol. The van der Waals surface area contributed by atoms with Gasteiger partial charge in [0.05, 0.1) is 11.5 Å². The van der Waals surface area contributed by atoms with Crippen molar-refractivity contribution in [3.63, 3.8) is 0 Å². The van der Waals surface area contributed by atoms with Crippen LogP contribution in [0.4, 0.5) is 0 Å². The number of rotatable bonds is 2. The normalized spacial score (nSPS) is 32.2. The second-order valence-electron chi connectivity index (χ2n) is 5.27. The summed E-state index contributed by atoms with van der Waals surface area (Å²) in [4.78, 5) is 25.8. The van der Waals surface area contributed by atoms with Crippen molar-refractivity contribution in [3.05, 3.63) is 0 Å². The van der Waals surface area contributed by atoms with Gasteiger partial charge in [0.25, 0.3) is 0 Å². The first-order chi connectivity index (χ1) is 8.85.